The lowest BCUT2D eigenvalue weighted by atomic mass is 10.1. The first-order valence-corrected chi connectivity index (χ1v) is 8.83. The number of rotatable bonds is 4. The van der Waals surface area contributed by atoms with Crippen LogP contribution < -0.4 is 5.32 Å². The van der Waals surface area contributed by atoms with Gasteiger partial charge < -0.3 is 14.5 Å². The predicted octanol–water partition coefficient (Wildman–Crippen LogP) is 0.646. The molecule has 0 fully saturated rings. The molecule has 1 aliphatic heterocycles. The third-order valence-corrected chi connectivity index (χ3v) is 5.20. The molecule has 0 spiro atoms. The Bertz CT molecular complexity index is 958. The number of amides is 1. The van der Waals surface area contributed by atoms with Crippen molar-refractivity contribution in [3.8, 4) is 0 Å². The van der Waals surface area contributed by atoms with Gasteiger partial charge in [0.25, 0.3) is 0 Å². The molecule has 1 N–H and O–H groups in total. The fourth-order valence-corrected chi connectivity index (χ4v) is 3.67. The Hall–Kier alpha value is -2.74. The molecular formula is C18H23N7O. The molecule has 0 radical (unpaired) electrons. The fourth-order valence-electron chi connectivity index (χ4n) is 3.67. The molecule has 8 heteroatoms. The van der Waals surface area contributed by atoms with E-state index >= 15 is 0 Å². The van der Waals surface area contributed by atoms with Crippen molar-refractivity contribution in [2.45, 2.75) is 32.5 Å². The van der Waals surface area contributed by atoms with Crippen LogP contribution in [-0.4, -0.2) is 54.8 Å². The van der Waals surface area contributed by atoms with Gasteiger partial charge in [-0.1, -0.05) is 12.1 Å². The third-order valence-electron chi connectivity index (χ3n) is 5.20. The maximum atomic E-state index is 12.4. The van der Waals surface area contributed by atoms with E-state index < -0.39 is 0 Å². The number of carbonyl (C=O) groups is 1. The van der Waals surface area contributed by atoms with Crippen LogP contribution in [0.4, 0.5) is 0 Å². The lowest BCUT2D eigenvalue weighted by Gasteiger charge is -2.34. The summed E-state index contributed by atoms with van der Waals surface area (Å²) in [6.45, 7) is 3.85. The zero-order valence-corrected chi connectivity index (χ0v) is 15.3. The minimum Gasteiger partial charge on any atom is -0.358 e. The minimum absolute atomic E-state index is 0.0220. The summed E-state index contributed by atoms with van der Waals surface area (Å²) in [5, 5.41) is 11.2. The van der Waals surface area contributed by atoms with E-state index in [1.54, 1.807) is 7.05 Å². The van der Waals surface area contributed by atoms with E-state index in [1.165, 1.54) is 0 Å². The summed E-state index contributed by atoms with van der Waals surface area (Å²) >= 11 is 0. The van der Waals surface area contributed by atoms with Gasteiger partial charge in [0.05, 0.1) is 24.1 Å². The van der Waals surface area contributed by atoms with Crippen LogP contribution in [-0.2, 0) is 31.4 Å². The highest BCUT2D eigenvalue weighted by Gasteiger charge is 2.32. The molecule has 0 aliphatic carbocycles. The van der Waals surface area contributed by atoms with Crippen LogP contribution in [0.1, 0.15) is 17.5 Å². The molecule has 4 rings (SSSR count). The van der Waals surface area contributed by atoms with E-state index in [0.29, 0.717) is 13.1 Å². The van der Waals surface area contributed by atoms with Crippen molar-refractivity contribution in [2.24, 2.45) is 7.05 Å². The quantitative estimate of drug-likeness (QED) is 0.745. The molecule has 8 nitrogen and oxygen atoms in total. The molecule has 2 aromatic heterocycles. The van der Waals surface area contributed by atoms with Gasteiger partial charge in [0.15, 0.2) is 0 Å². The van der Waals surface area contributed by atoms with Gasteiger partial charge in [0.1, 0.15) is 23.5 Å². The number of benzene rings is 1. The van der Waals surface area contributed by atoms with E-state index in [9.17, 15) is 4.79 Å². The number of aryl methyl sites for hydroxylation is 2. The molecule has 1 aromatic carbocycles. The zero-order chi connectivity index (χ0) is 18.3. The average molecular weight is 353 g/mol. The lowest BCUT2D eigenvalue weighted by Crippen LogP contribution is -2.52. The number of likely N-dealkylation sites (N-methyl/N-ethyl adjacent to an activating group) is 1. The largest absolute Gasteiger partial charge is 0.358 e. The molecule has 1 amide bonds. The molecular weight excluding hydrogens is 330 g/mol. The SMILES string of the molecule is CNC(=O)C1Cn2c(C)nnc2CN1CCc1nc2ccccc2n1C. The fraction of sp³-hybridized carbons (Fsp3) is 0.444. The molecule has 0 saturated carbocycles. The molecule has 136 valence electrons. The van der Waals surface area contributed by atoms with Crippen molar-refractivity contribution in [3.05, 3.63) is 41.7 Å². The topological polar surface area (TPSA) is 80.9 Å². The Labute approximate surface area is 151 Å². The number of para-hydroxylation sites is 2. The lowest BCUT2D eigenvalue weighted by molar-refractivity contribution is -0.127. The first-order valence-electron chi connectivity index (χ1n) is 8.83. The van der Waals surface area contributed by atoms with E-state index in [4.69, 9.17) is 4.98 Å². The predicted molar refractivity (Wildman–Crippen MR) is 97.4 cm³/mol. The van der Waals surface area contributed by atoms with E-state index in [2.05, 4.69) is 31.0 Å². The average Bonchev–Trinajstić information content (AvgIpc) is 3.19. The van der Waals surface area contributed by atoms with Crippen LogP contribution in [0.15, 0.2) is 24.3 Å². The number of fused-ring (bicyclic) bond motifs is 2. The van der Waals surface area contributed by atoms with Crippen molar-refractivity contribution in [2.75, 3.05) is 13.6 Å². The van der Waals surface area contributed by atoms with Gasteiger partial charge in [0, 0.05) is 27.1 Å². The molecule has 1 unspecified atom stereocenters. The van der Waals surface area contributed by atoms with Gasteiger partial charge in [-0.25, -0.2) is 4.98 Å². The summed E-state index contributed by atoms with van der Waals surface area (Å²) in [4.78, 5) is 19.3. The second-order valence-corrected chi connectivity index (χ2v) is 6.70. The van der Waals surface area contributed by atoms with Crippen LogP contribution in [0.2, 0.25) is 0 Å². The summed E-state index contributed by atoms with van der Waals surface area (Å²) in [5.41, 5.74) is 2.13. The molecule has 1 aliphatic rings. The highest BCUT2D eigenvalue weighted by atomic mass is 16.2. The molecule has 3 aromatic rings. The van der Waals surface area contributed by atoms with Crippen molar-refractivity contribution in [1.29, 1.82) is 0 Å². The summed E-state index contributed by atoms with van der Waals surface area (Å²) in [5.74, 6) is 2.80. The summed E-state index contributed by atoms with van der Waals surface area (Å²) < 4.78 is 4.16. The number of nitrogens with zero attached hydrogens (tertiary/aromatic N) is 6. The van der Waals surface area contributed by atoms with Crippen LogP contribution in [0.3, 0.4) is 0 Å². The van der Waals surface area contributed by atoms with Crippen molar-refractivity contribution in [1.82, 2.24) is 34.5 Å². The zero-order valence-electron chi connectivity index (χ0n) is 15.3. The van der Waals surface area contributed by atoms with E-state index in [0.717, 1.165) is 41.5 Å². The van der Waals surface area contributed by atoms with E-state index in [-0.39, 0.29) is 11.9 Å². The number of aromatic nitrogens is 5. The second kappa shape index (κ2) is 6.53. The molecule has 3 heterocycles. The van der Waals surface area contributed by atoms with E-state index in [1.807, 2.05) is 36.7 Å². The van der Waals surface area contributed by atoms with Crippen molar-refractivity contribution >= 4 is 16.9 Å². The molecule has 26 heavy (non-hydrogen) atoms. The van der Waals surface area contributed by atoms with Gasteiger partial charge in [-0.3, -0.25) is 9.69 Å². The standard InChI is InChI=1S/C18H23N7O/c1-12-21-22-17-11-24(15(10-25(12)17)18(26)19-2)9-8-16-20-13-6-4-5-7-14(13)23(16)3/h4-7,15H,8-11H2,1-3H3,(H,19,26). The van der Waals surface area contributed by atoms with Gasteiger partial charge in [-0.2, -0.15) is 0 Å². The Morgan fingerprint density at radius 2 is 2.12 bits per heavy atom. The number of carbonyl (C=O) groups excluding carboxylic acids is 1. The molecule has 1 atom stereocenters. The van der Waals surface area contributed by atoms with Crippen LogP contribution in [0, 0.1) is 6.92 Å². The van der Waals surface area contributed by atoms with Crippen LogP contribution in [0.5, 0.6) is 0 Å². The first-order chi connectivity index (χ1) is 12.6. The highest BCUT2D eigenvalue weighted by molar-refractivity contribution is 5.81. The van der Waals surface area contributed by atoms with Crippen molar-refractivity contribution < 1.29 is 4.79 Å². The van der Waals surface area contributed by atoms with Gasteiger partial charge in [-0.15, -0.1) is 10.2 Å². The van der Waals surface area contributed by atoms with Crippen molar-refractivity contribution in [3.63, 3.8) is 0 Å². The third kappa shape index (κ3) is 2.76. The Kier molecular flexibility index (Phi) is 4.20. The second-order valence-electron chi connectivity index (χ2n) is 6.70. The number of hydrogen-bond donors (Lipinski definition) is 1. The normalized spacial score (nSPS) is 17.4. The van der Waals surface area contributed by atoms with Crippen LogP contribution >= 0.6 is 0 Å². The van der Waals surface area contributed by atoms with Gasteiger partial charge in [0.2, 0.25) is 5.91 Å². The maximum Gasteiger partial charge on any atom is 0.238 e. The Morgan fingerprint density at radius 1 is 1.31 bits per heavy atom. The monoisotopic (exact) mass is 353 g/mol. The van der Waals surface area contributed by atoms with Gasteiger partial charge >= 0.3 is 0 Å². The summed E-state index contributed by atoms with van der Waals surface area (Å²) in [7, 11) is 3.72. The Morgan fingerprint density at radius 3 is 2.88 bits per heavy atom. The summed E-state index contributed by atoms with van der Waals surface area (Å²) in [6.07, 6.45) is 0.770. The number of hydrogen-bond acceptors (Lipinski definition) is 5. The van der Waals surface area contributed by atoms with Gasteiger partial charge in [-0.05, 0) is 19.1 Å². The Balaban J connectivity index is 1.57. The first kappa shape index (κ1) is 16.7. The molecule has 0 bridgehead atoms. The summed E-state index contributed by atoms with van der Waals surface area (Å²) in [6, 6.07) is 7.90. The van der Waals surface area contributed by atoms with Crippen LogP contribution in [0.25, 0.3) is 11.0 Å². The number of imidazole rings is 1. The smallest absolute Gasteiger partial charge is 0.238 e. The molecule has 0 saturated heterocycles. The number of nitrogens with one attached hydrogen (secondary N) is 1. The maximum absolute atomic E-state index is 12.4. The minimum atomic E-state index is -0.225. The highest BCUT2D eigenvalue weighted by Crippen LogP contribution is 2.20.